The summed E-state index contributed by atoms with van der Waals surface area (Å²) in [6.07, 6.45) is 0.836. The van der Waals surface area contributed by atoms with Gasteiger partial charge in [0.05, 0.1) is 6.61 Å². The summed E-state index contributed by atoms with van der Waals surface area (Å²) in [4.78, 5) is 2.37. The van der Waals surface area contributed by atoms with E-state index in [0.717, 1.165) is 19.5 Å². The Balaban J connectivity index is 2.07. The van der Waals surface area contributed by atoms with Gasteiger partial charge in [-0.15, -0.1) is 0 Å². The van der Waals surface area contributed by atoms with E-state index in [1.54, 1.807) is 0 Å². The zero-order valence-electron chi connectivity index (χ0n) is 18.2. The lowest BCUT2D eigenvalue weighted by Crippen LogP contribution is -2.43. The third-order valence-corrected chi connectivity index (χ3v) is 10.4. The molecule has 3 nitrogen and oxygen atoms in total. The lowest BCUT2D eigenvalue weighted by molar-refractivity contribution is 0.0890. The van der Waals surface area contributed by atoms with Crippen LogP contribution in [0.5, 0.6) is 0 Å². The van der Waals surface area contributed by atoms with Gasteiger partial charge in [0.2, 0.25) is 0 Å². The number of nitrogens with zero attached hydrogens (tertiary/aromatic N) is 1. The van der Waals surface area contributed by atoms with E-state index in [4.69, 9.17) is 4.43 Å². The molecule has 1 unspecified atom stereocenters. The molecule has 1 N–H and O–H groups in total. The number of hydrogen-bond acceptors (Lipinski definition) is 3. The van der Waals surface area contributed by atoms with E-state index in [2.05, 4.69) is 87.3 Å². The van der Waals surface area contributed by atoms with Crippen LogP contribution >= 0.6 is 0 Å². The second-order valence-electron chi connectivity index (χ2n) is 9.11. The molecule has 0 radical (unpaired) electrons. The van der Waals surface area contributed by atoms with Crippen LogP contribution in [0, 0.1) is 0 Å². The highest BCUT2D eigenvalue weighted by Gasteiger charge is 2.37. The van der Waals surface area contributed by atoms with E-state index < -0.39 is 8.32 Å². The quantitative estimate of drug-likeness (QED) is 0.538. The van der Waals surface area contributed by atoms with Gasteiger partial charge in [0, 0.05) is 25.7 Å². The number of aliphatic hydroxyl groups is 1. The highest BCUT2D eigenvalue weighted by atomic mass is 28.4. The number of rotatable bonds is 10. The summed E-state index contributed by atoms with van der Waals surface area (Å²) in [6, 6.07) is 21.1. The minimum Gasteiger partial charge on any atom is -0.417 e. The van der Waals surface area contributed by atoms with Crippen molar-refractivity contribution in [2.75, 3.05) is 13.2 Å². The van der Waals surface area contributed by atoms with Crippen molar-refractivity contribution in [1.82, 2.24) is 4.90 Å². The average molecular weight is 400 g/mol. The second-order valence-corrected chi connectivity index (χ2v) is 13.9. The molecule has 0 saturated heterocycles. The zero-order chi connectivity index (χ0) is 20.6. The maximum atomic E-state index is 10.2. The third-order valence-electron chi connectivity index (χ3n) is 5.90. The summed E-state index contributed by atoms with van der Waals surface area (Å²) < 4.78 is 6.38. The Morgan fingerprint density at radius 1 is 0.893 bits per heavy atom. The summed E-state index contributed by atoms with van der Waals surface area (Å²) in [7, 11) is -1.77. The van der Waals surface area contributed by atoms with Crippen molar-refractivity contribution in [3.63, 3.8) is 0 Å². The van der Waals surface area contributed by atoms with E-state index in [1.807, 2.05) is 12.1 Å². The van der Waals surface area contributed by atoms with Crippen molar-refractivity contribution in [3.8, 4) is 0 Å². The first kappa shape index (κ1) is 22.8. The molecule has 0 aromatic heterocycles. The maximum absolute atomic E-state index is 10.2. The molecule has 0 aliphatic carbocycles. The van der Waals surface area contributed by atoms with E-state index >= 15 is 0 Å². The first-order valence-corrected chi connectivity index (χ1v) is 13.2. The van der Waals surface area contributed by atoms with Gasteiger partial charge in [-0.3, -0.25) is 4.90 Å². The van der Waals surface area contributed by atoms with Gasteiger partial charge in [-0.2, -0.15) is 0 Å². The van der Waals surface area contributed by atoms with Crippen LogP contribution < -0.4 is 0 Å². The molecule has 0 saturated carbocycles. The van der Waals surface area contributed by atoms with Crippen molar-refractivity contribution in [2.45, 2.75) is 64.5 Å². The third kappa shape index (κ3) is 6.85. The van der Waals surface area contributed by atoms with Crippen LogP contribution in [0.2, 0.25) is 18.1 Å². The molecule has 0 bridgehead atoms. The van der Waals surface area contributed by atoms with Gasteiger partial charge in [-0.25, -0.2) is 0 Å². The molecule has 4 heteroatoms. The number of aliphatic hydroxyl groups excluding tert-OH is 1. The molecule has 28 heavy (non-hydrogen) atoms. The molecular formula is C24H37NO2Si. The molecule has 0 heterocycles. The van der Waals surface area contributed by atoms with Crippen LogP contribution in [0.4, 0.5) is 0 Å². The van der Waals surface area contributed by atoms with E-state index in [9.17, 15) is 5.11 Å². The van der Waals surface area contributed by atoms with Crippen LogP contribution in [0.1, 0.15) is 38.3 Å². The summed E-state index contributed by atoms with van der Waals surface area (Å²) >= 11 is 0. The van der Waals surface area contributed by atoms with Crippen molar-refractivity contribution in [3.05, 3.63) is 71.8 Å². The molecule has 2 aromatic carbocycles. The molecule has 154 valence electrons. The van der Waals surface area contributed by atoms with Crippen molar-refractivity contribution < 1.29 is 9.53 Å². The standard InChI is InChI=1S/C24H37NO2Si/c1-24(2,3)28(4,5)27-17-16-23(20-26)25(18-21-12-8-6-9-13-21)19-22-14-10-7-11-15-22/h6-15,23,26H,16-20H2,1-5H3. The van der Waals surface area contributed by atoms with Crippen LogP contribution in [0.3, 0.4) is 0 Å². The zero-order valence-corrected chi connectivity index (χ0v) is 19.2. The Morgan fingerprint density at radius 3 is 1.75 bits per heavy atom. The fourth-order valence-electron chi connectivity index (χ4n) is 3.01. The topological polar surface area (TPSA) is 32.7 Å². The van der Waals surface area contributed by atoms with Crippen molar-refractivity contribution in [2.24, 2.45) is 0 Å². The van der Waals surface area contributed by atoms with E-state index in [0.29, 0.717) is 6.61 Å². The normalized spacial score (nSPS) is 13.7. The summed E-state index contributed by atoms with van der Waals surface area (Å²) in [5.74, 6) is 0. The summed E-state index contributed by atoms with van der Waals surface area (Å²) in [6.45, 7) is 13.8. The predicted molar refractivity (Wildman–Crippen MR) is 121 cm³/mol. The van der Waals surface area contributed by atoms with Gasteiger partial charge < -0.3 is 9.53 Å². The minimum atomic E-state index is -1.77. The van der Waals surface area contributed by atoms with Gasteiger partial charge in [0.15, 0.2) is 8.32 Å². The summed E-state index contributed by atoms with van der Waals surface area (Å²) in [5.41, 5.74) is 2.53. The predicted octanol–water partition coefficient (Wildman–Crippen LogP) is 5.46. The van der Waals surface area contributed by atoms with Crippen LogP contribution in [-0.2, 0) is 17.5 Å². The van der Waals surface area contributed by atoms with Crippen LogP contribution in [0.15, 0.2) is 60.7 Å². The lowest BCUT2D eigenvalue weighted by atomic mass is 10.1. The van der Waals surface area contributed by atoms with E-state index in [-0.39, 0.29) is 17.7 Å². The van der Waals surface area contributed by atoms with Gasteiger partial charge in [-0.1, -0.05) is 81.4 Å². The molecule has 2 aromatic rings. The largest absolute Gasteiger partial charge is 0.417 e. The first-order valence-electron chi connectivity index (χ1n) is 10.3. The molecule has 1 atom stereocenters. The average Bonchev–Trinajstić information content (AvgIpc) is 2.65. The van der Waals surface area contributed by atoms with Crippen LogP contribution in [-0.4, -0.2) is 37.6 Å². The Labute approximate surface area is 172 Å². The van der Waals surface area contributed by atoms with Crippen molar-refractivity contribution >= 4 is 8.32 Å². The fourth-order valence-corrected chi connectivity index (χ4v) is 4.07. The molecule has 0 fully saturated rings. The second kappa shape index (κ2) is 10.4. The highest BCUT2D eigenvalue weighted by Crippen LogP contribution is 2.36. The van der Waals surface area contributed by atoms with Gasteiger partial charge >= 0.3 is 0 Å². The molecular weight excluding hydrogens is 362 g/mol. The monoisotopic (exact) mass is 399 g/mol. The number of hydrogen-bond donors (Lipinski definition) is 1. The number of benzene rings is 2. The molecule has 0 aliphatic rings. The highest BCUT2D eigenvalue weighted by molar-refractivity contribution is 6.74. The fraction of sp³-hybridized carbons (Fsp3) is 0.500. The minimum absolute atomic E-state index is 0.0742. The molecule has 0 spiro atoms. The van der Waals surface area contributed by atoms with Crippen LogP contribution in [0.25, 0.3) is 0 Å². The summed E-state index contributed by atoms with van der Waals surface area (Å²) in [5, 5.41) is 10.4. The SMILES string of the molecule is CC(C)(C)[Si](C)(C)OCCC(CO)N(Cc1ccccc1)Cc1ccccc1. The Bertz CT molecular complexity index is 641. The van der Waals surface area contributed by atoms with Gasteiger partial charge in [0.25, 0.3) is 0 Å². The van der Waals surface area contributed by atoms with Gasteiger partial charge in [-0.05, 0) is 35.7 Å². The maximum Gasteiger partial charge on any atom is 0.191 e. The lowest BCUT2D eigenvalue weighted by Gasteiger charge is -2.37. The molecule has 0 amide bonds. The molecule has 0 aliphatic heterocycles. The smallest absolute Gasteiger partial charge is 0.191 e. The van der Waals surface area contributed by atoms with Crippen molar-refractivity contribution in [1.29, 1.82) is 0 Å². The Kier molecular flexibility index (Phi) is 8.44. The van der Waals surface area contributed by atoms with E-state index in [1.165, 1.54) is 11.1 Å². The Hall–Kier alpha value is -1.46. The van der Waals surface area contributed by atoms with Gasteiger partial charge in [0.1, 0.15) is 0 Å². The Morgan fingerprint density at radius 2 is 1.36 bits per heavy atom. The molecule has 2 rings (SSSR count). The first-order chi connectivity index (χ1) is 13.2.